The Morgan fingerprint density at radius 3 is 2.88 bits per heavy atom. The minimum Gasteiger partial charge on any atom is -0.311 e. The van der Waals surface area contributed by atoms with Crippen LogP contribution in [0, 0.1) is 18.8 Å². The van der Waals surface area contributed by atoms with Gasteiger partial charge in [0, 0.05) is 6.20 Å². The number of aromatic nitrogens is 1. The van der Waals surface area contributed by atoms with Crippen LogP contribution in [0.5, 0.6) is 0 Å². The highest BCUT2D eigenvalue weighted by atomic mass is 14.9. The van der Waals surface area contributed by atoms with Crippen LogP contribution in [0.2, 0.25) is 0 Å². The number of rotatable bonds is 3. The van der Waals surface area contributed by atoms with E-state index in [0.717, 1.165) is 11.8 Å². The Morgan fingerprint density at radius 1 is 1.41 bits per heavy atom. The SMILES string of the molecule is CNC(c1cc(C)ccn1)C1CCCC(C)C1. The largest absolute Gasteiger partial charge is 0.311 e. The highest BCUT2D eigenvalue weighted by Gasteiger charge is 2.27. The van der Waals surface area contributed by atoms with Gasteiger partial charge in [0.1, 0.15) is 0 Å². The summed E-state index contributed by atoms with van der Waals surface area (Å²) in [5, 5.41) is 3.47. The molecule has 1 fully saturated rings. The monoisotopic (exact) mass is 232 g/mol. The molecule has 1 aromatic rings. The molecule has 2 nitrogen and oxygen atoms in total. The summed E-state index contributed by atoms with van der Waals surface area (Å²) in [6, 6.07) is 4.72. The quantitative estimate of drug-likeness (QED) is 0.863. The maximum atomic E-state index is 4.55. The first-order valence-corrected chi connectivity index (χ1v) is 6.80. The molecule has 1 aromatic heterocycles. The summed E-state index contributed by atoms with van der Waals surface area (Å²) < 4.78 is 0. The lowest BCUT2D eigenvalue weighted by Gasteiger charge is -2.33. The number of nitrogens with zero attached hydrogens (tertiary/aromatic N) is 1. The Kier molecular flexibility index (Phi) is 4.16. The van der Waals surface area contributed by atoms with Crippen molar-refractivity contribution < 1.29 is 0 Å². The lowest BCUT2D eigenvalue weighted by molar-refractivity contribution is 0.227. The van der Waals surface area contributed by atoms with Gasteiger partial charge in [-0.25, -0.2) is 0 Å². The predicted octanol–water partition coefficient (Wildman–Crippen LogP) is 3.48. The highest BCUT2D eigenvalue weighted by molar-refractivity contribution is 5.18. The fourth-order valence-electron chi connectivity index (χ4n) is 3.14. The van der Waals surface area contributed by atoms with Crippen molar-refractivity contribution in [2.24, 2.45) is 11.8 Å². The molecule has 3 unspecified atom stereocenters. The van der Waals surface area contributed by atoms with Crippen molar-refractivity contribution in [3.8, 4) is 0 Å². The van der Waals surface area contributed by atoms with E-state index in [2.05, 4.69) is 43.3 Å². The third-order valence-corrected chi connectivity index (χ3v) is 4.01. The van der Waals surface area contributed by atoms with Crippen molar-refractivity contribution >= 4 is 0 Å². The number of aryl methyl sites for hydroxylation is 1. The van der Waals surface area contributed by atoms with Crippen LogP contribution in [0.3, 0.4) is 0 Å². The van der Waals surface area contributed by atoms with E-state index in [1.165, 1.54) is 36.9 Å². The number of hydrogen-bond acceptors (Lipinski definition) is 2. The van der Waals surface area contributed by atoms with Crippen LogP contribution in [-0.4, -0.2) is 12.0 Å². The maximum Gasteiger partial charge on any atom is 0.0578 e. The maximum absolute atomic E-state index is 4.55. The molecule has 0 spiro atoms. The molecule has 0 amide bonds. The number of hydrogen-bond donors (Lipinski definition) is 1. The van der Waals surface area contributed by atoms with Crippen LogP contribution in [0.15, 0.2) is 18.3 Å². The zero-order chi connectivity index (χ0) is 12.3. The van der Waals surface area contributed by atoms with E-state index in [9.17, 15) is 0 Å². The van der Waals surface area contributed by atoms with E-state index in [0.29, 0.717) is 6.04 Å². The second-order valence-electron chi connectivity index (χ2n) is 5.56. The van der Waals surface area contributed by atoms with Crippen molar-refractivity contribution in [3.63, 3.8) is 0 Å². The zero-order valence-electron chi connectivity index (χ0n) is 11.2. The third kappa shape index (κ3) is 3.06. The molecule has 2 heteroatoms. The summed E-state index contributed by atoms with van der Waals surface area (Å²) in [6.45, 7) is 4.52. The topological polar surface area (TPSA) is 24.9 Å². The normalized spacial score (nSPS) is 26.8. The minimum atomic E-state index is 0.428. The van der Waals surface area contributed by atoms with Crippen LogP contribution in [0.1, 0.15) is 49.9 Å². The van der Waals surface area contributed by atoms with Crippen molar-refractivity contribution in [1.82, 2.24) is 10.3 Å². The predicted molar refractivity (Wildman–Crippen MR) is 71.9 cm³/mol. The minimum absolute atomic E-state index is 0.428. The molecule has 1 heterocycles. The lowest BCUT2D eigenvalue weighted by atomic mass is 9.77. The molecule has 2 rings (SSSR count). The fourth-order valence-corrected chi connectivity index (χ4v) is 3.14. The Morgan fingerprint density at radius 2 is 2.24 bits per heavy atom. The Bertz CT molecular complexity index is 362. The molecule has 0 radical (unpaired) electrons. The van der Waals surface area contributed by atoms with Gasteiger partial charge in [0.2, 0.25) is 0 Å². The van der Waals surface area contributed by atoms with Crippen molar-refractivity contribution in [1.29, 1.82) is 0 Å². The standard InChI is InChI=1S/C15H24N2/c1-11-5-4-6-13(9-11)15(16-3)14-10-12(2)7-8-17-14/h7-8,10-11,13,15-16H,4-6,9H2,1-3H3. The van der Waals surface area contributed by atoms with Crippen LogP contribution in [0.25, 0.3) is 0 Å². The summed E-state index contributed by atoms with van der Waals surface area (Å²) >= 11 is 0. The van der Waals surface area contributed by atoms with Gasteiger partial charge in [-0.1, -0.05) is 19.8 Å². The van der Waals surface area contributed by atoms with E-state index < -0.39 is 0 Å². The van der Waals surface area contributed by atoms with Crippen LogP contribution in [0.4, 0.5) is 0 Å². The molecule has 1 saturated carbocycles. The molecule has 1 N–H and O–H groups in total. The molecule has 94 valence electrons. The molecule has 1 aliphatic carbocycles. The second-order valence-corrected chi connectivity index (χ2v) is 5.56. The average Bonchev–Trinajstić information content (AvgIpc) is 2.30. The Labute approximate surface area is 105 Å². The summed E-state index contributed by atoms with van der Waals surface area (Å²) in [6.07, 6.45) is 7.37. The van der Waals surface area contributed by atoms with Crippen molar-refractivity contribution in [3.05, 3.63) is 29.6 Å². The van der Waals surface area contributed by atoms with Crippen LogP contribution >= 0.6 is 0 Å². The van der Waals surface area contributed by atoms with E-state index in [-0.39, 0.29) is 0 Å². The summed E-state index contributed by atoms with van der Waals surface area (Å²) in [4.78, 5) is 4.55. The van der Waals surface area contributed by atoms with E-state index >= 15 is 0 Å². The van der Waals surface area contributed by atoms with Gasteiger partial charge in [0.05, 0.1) is 11.7 Å². The van der Waals surface area contributed by atoms with Crippen LogP contribution in [-0.2, 0) is 0 Å². The lowest BCUT2D eigenvalue weighted by Crippen LogP contribution is -2.29. The number of nitrogens with one attached hydrogen (secondary N) is 1. The molecule has 0 bridgehead atoms. The molecule has 0 aromatic carbocycles. The van der Waals surface area contributed by atoms with Gasteiger partial charge in [0.25, 0.3) is 0 Å². The van der Waals surface area contributed by atoms with Crippen molar-refractivity contribution in [2.45, 2.75) is 45.6 Å². The van der Waals surface area contributed by atoms with Gasteiger partial charge in [0.15, 0.2) is 0 Å². The van der Waals surface area contributed by atoms with Crippen molar-refractivity contribution in [2.75, 3.05) is 7.05 Å². The average molecular weight is 232 g/mol. The second kappa shape index (κ2) is 5.63. The summed E-state index contributed by atoms with van der Waals surface area (Å²) in [5.41, 5.74) is 2.52. The zero-order valence-corrected chi connectivity index (χ0v) is 11.2. The molecular formula is C15H24N2. The number of pyridine rings is 1. The molecule has 0 saturated heterocycles. The highest BCUT2D eigenvalue weighted by Crippen LogP contribution is 2.36. The summed E-state index contributed by atoms with van der Waals surface area (Å²) in [7, 11) is 2.06. The molecule has 0 aliphatic heterocycles. The van der Waals surface area contributed by atoms with Gasteiger partial charge in [-0.15, -0.1) is 0 Å². The van der Waals surface area contributed by atoms with Crippen LogP contribution < -0.4 is 5.32 Å². The summed E-state index contributed by atoms with van der Waals surface area (Å²) in [5.74, 6) is 1.62. The van der Waals surface area contributed by atoms with Gasteiger partial charge >= 0.3 is 0 Å². The first-order chi connectivity index (χ1) is 8.20. The first kappa shape index (κ1) is 12.6. The van der Waals surface area contributed by atoms with Gasteiger partial charge in [-0.05, 0) is 56.3 Å². The van der Waals surface area contributed by atoms with E-state index in [1.807, 2.05) is 6.20 Å². The fraction of sp³-hybridized carbons (Fsp3) is 0.667. The van der Waals surface area contributed by atoms with E-state index in [4.69, 9.17) is 0 Å². The molecular weight excluding hydrogens is 208 g/mol. The van der Waals surface area contributed by atoms with Gasteiger partial charge in [-0.2, -0.15) is 0 Å². The van der Waals surface area contributed by atoms with Gasteiger partial charge in [-0.3, -0.25) is 4.98 Å². The van der Waals surface area contributed by atoms with Gasteiger partial charge < -0.3 is 5.32 Å². The third-order valence-electron chi connectivity index (χ3n) is 4.01. The molecule has 1 aliphatic rings. The first-order valence-electron chi connectivity index (χ1n) is 6.80. The molecule has 17 heavy (non-hydrogen) atoms. The van der Waals surface area contributed by atoms with E-state index in [1.54, 1.807) is 0 Å². The Balaban J connectivity index is 2.15. The Hall–Kier alpha value is -0.890. The smallest absolute Gasteiger partial charge is 0.0578 e. The molecule has 3 atom stereocenters.